The molecule has 0 saturated carbocycles. The number of ketones is 1. The van der Waals surface area contributed by atoms with Crippen molar-refractivity contribution in [3.8, 4) is 11.3 Å². The van der Waals surface area contributed by atoms with Crippen LogP contribution >= 0.6 is 0 Å². The summed E-state index contributed by atoms with van der Waals surface area (Å²) < 4.78 is 38.4. The van der Waals surface area contributed by atoms with Crippen LogP contribution in [0.25, 0.3) is 22.6 Å². The Kier molecular flexibility index (Phi) is 5.77. The summed E-state index contributed by atoms with van der Waals surface area (Å²) in [5.74, 6) is -0.167. The van der Waals surface area contributed by atoms with Crippen molar-refractivity contribution in [2.24, 2.45) is 5.73 Å². The summed E-state index contributed by atoms with van der Waals surface area (Å²) in [5, 5.41) is 4.12. The van der Waals surface area contributed by atoms with Gasteiger partial charge in [-0.1, -0.05) is 12.1 Å². The van der Waals surface area contributed by atoms with Crippen molar-refractivity contribution in [2.75, 3.05) is 11.9 Å². The molecule has 2 amide bonds. The second kappa shape index (κ2) is 8.27. The number of nitrogens with two attached hydrogens (primary N) is 1. The van der Waals surface area contributed by atoms with Crippen molar-refractivity contribution < 1.29 is 22.8 Å². The van der Waals surface area contributed by atoms with Crippen molar-refractivity contribution in [3.05, 3.63) is 60.4 Å². The third kappa shape index (κ3) is 5.16. The molecule has 10 heteroatoms. The van der Waals surface area contributed by atoms with Crippen LogP contribution in [-0.2, 0) is 4.79 Å². The van der Waals surface area contributed by atoms with Gasteiger partial charge in [0, 0.05) is 34.8 Å². The third-order valence-electron chi connectivity index (χ3n) is 4.07. The van der Waals surface area contributed by atoms with E-state index in [2.05, 4.69) is 10.3 Å². The van der Waals surface area contributed by atoms with E-state index in [1.807, 2.05) is 0 Å². The number of fused-ring (bicyclic) bond motifs is 1. The molecule has 2 heterocycles. The summed E-state index contributed by atoms with van der Waals surface area (Å²) in [7, 11) is 0. The number of hydrogen-bond acceptors (Lipinski definition) is 4. The monoisotopic (exact) mass is 417 g/mol. The minimum Gasteiger partial charge on any atom is -0.398 e. The standard InChI is InChI=1S/C20H18F3N5O2/c1-12(29)7-16(24)13-5-6-28-17(10-25-18(28)9-13)14-3-2-4-15(8-14)27-19(30)26-11-20(21,22)23/h2-10H,11,24H2,1H3,(H2,26,27,30). The first-order chi connectivity index (χ1) is 14.1. The fourth-order valence-electron chi connectivity index (χ4n) is 2.79. The first-order valence-electron chi connectivity index (χ1n) is 8.79. The van der Waals surface area contributed by atoms with E-state index in [4.69, 9.17) is 5.73 Å². The second-order valence-corrected chi connectivity index (χ2v) is 6.50. The Morgan fingerprint density at radius 2 is 2.00 bits per heavy atom. The van der Waals surface area contributed by atoms with Crippen LogP contribution in [0.3, 0.4) is 0 Å². The smallest absolute Gasteiger partial charge is 0.398 e. The maximum absolute atomic E-state index is 12.2. The number of anilines is 1. The summed E-state index contributed by atoms with van der Waals surface area (Å²) in [6.45, 7) is -0.0151. The van der Waals surface area contributed by atoms with E-state index < -0.39 is 18.8 Å². The lowest BCUT2D eigenvalue weighted by atomic mass is 10.1. The number of imidazole rings is 1. The number of allylic oxidation sites excluding steroid dienone is 1. The average Bonchev–Trinajstić information content (AvgIpc) is 3.09. The molecule has 0 aliphatic rings. The van der Waals surface area contributed by atoms with E-state index in [1.54, 1.807) is 58.5 Å². The fraction of sp³-hybridized carbons (Fsp3) is 0.150. The highest BCUT2D eigenvalue weighted by atomic mass is 19.4. The summed E-state index contributed by atoms with van der Waals surface area (Å²) in [4.78, 5) is 27.2. The van der Waals surface area contributed by atoms with Crippen LogP contribution in [0.2, 0.25) is 0 Å². The van der Waals surface area contributed by atoms with Crippen molar-refractivity contribution in [1.82, 2.24) is 14.7 Å². The number of alkyl halides is 3. The molecule has 0 bridgehead atoms. The highest BCUT2D eigenvalue weighted by Crippen LogP contribution is 2.25. The Hall–Kier alpha value is -3.82. The molecular weight excluding hydrogens is 399 g/mol. The number of halogens is 3. The molecule has 30 heavy (non-hydrogen) atoms. The predicted molar refractivity (Wildman–Crippen MR) is 107 cm³/mol. The fourth-order valence-corrected chi connectivity index (χ4v) is 2.79. The van der Waals surface area contributed by atoms with Crippen molar-refractivity contribution >= 4 is 28.8 Å². The van der Waals surface area contributed by atoms with Crippen LogP contribution in [0.15, 0.2) is 54.9 Å². The maximum Gasteiger partial charge on any atom is 0.405 e. The van der Waals surface area contributed by atoms with Crippen molar-refractivity contribution in [1.29, 1.82) is 0 Å². The van der Waals surface area contributed by atoms with Gasteiger partial charge in [-0.2, -0.15) is 13.2 Å². The van der Waals surface area contributed by atoms with Crippen LogP contribution in [0.4, 0.5) is 23.7 Å². The summed E-state index contributed by atoms with van der Waals surface area (Å²) >= 11 is 0. The van der Waals surface area contributed by atoms with E-state index in [1.165, 1.54) is 13.0 Å². The Bertz CT molecular complexity index is 1130. The number of carbonyl (C=O) groups excluding carboxylic acids is 2. The van der Waals surface area contributed by atoms with Crippen LogP contribution in [-0.4, -0.2) is 33.9 Å². The van der Waals surface area contributed by atoms with Crippen molar-refractivity contribution in [2.45, 2.75) is 13.1 Å². The molecule has 0 unspecified atom stereocenters. The second-order valence-electron chi connectivity index (χ2n) is 6.50. The van der Waals surface area contributed by atoms with Crippen molar-refractivity contribution in [3.63, 3.8) is 0 Å². The van der Waals surface area contributed by atoms with Gasteiger partial charge in [0.05, 0.1) is 11.9 Å². The molecule has 4 N–H and O–H groups in total. The number of aromatic nitrogens is 2. The van der Waals surface area contributed by atoms with E-state index >= 15 is 0 Å². The number of urea groups is 1. The topological polar surface area (TPSA) is 102 Å². The van der Waals surface area contributed by atoms with Gasteiger partial charge in [0.2, 0.25) is 0 Å². The number of amides is 2. The van der Waals surface area contributed by atoms with E-state index in [9.17, 15) is 22.8 Å². The Labute approximate surface area is 169 Å². The first-order valence-corrected chi connectivity index (χ1v) is 8.79. The molecule has 156 valence electrons. The van der Waals surface area contributed by atoms with Crippen LogP contribution in [0.5, 0.6) is 0 Å². The van der Waals surface area contributed by atoms with E-state index in [-0.39, 0.29) is 5.78 Å². The number of hydrogen-bond donors (Lipinski definition) is 3. The molecule has 7 nitrogen and oxygen atoms in total. The van der Waals surface area contributed by atoms with Gasteiger partial charge in [0.15, 0.2) is 5.78 Å². The number of carbonyl (C=O) groups is 2. The maximum atomic E-state index is 12.2. The minimum absolute atomic E-state index is 0.167. The molecule has 3 rings (SSSR count). The lowest BCUT2D eigenvalue weighted by Gasteiger charge is -2.11. The molecule has 2 aromatic heterocycles. The number of benzene rings is 1. The molecule has 0 aliphatic carbocycles. The molecular formula is C20H18F3N5O2. The zero-order valence-electron chi connectivity index (χ0n) is 15.8. The number of nitrogens with zero attached hydrogens (tertiary/aromatic N) is 2. The van der Waals surface area contributed by atoms with Gasteiger partial charge in [-0.05, 0) is 31.2 Å². The molecule has 1 aromatic carbocycles. The highest BCUT2D eigenvalue weighted by Gasteiger charge is 2.27. The lowest BCUT2D eigenvalue weighted by molar-refractivity contribution is -0.122. The summed E-state index contributed by atoms with van der Waals surface area (Å²) in [6, 6.07) is 9.13. The average molecular weight is 417 g/mol. The molecule has 0 atom stereocenters. The normalized spacial score (nSPS) is 12.1. The largest absolute Gasteiger partial charge is 0.405 e. The summed E-state index contributed by atoms with van der Waals surface area (Å²) in [6.07, 6.45) is 0.197. The molecule has 0 fully saturated rings. The number of rotatable bonds is 5. The van der Waals surface area contributed by atoms with Crippen LogP contribution in [0, 0.1) is 0 Å². The Morgan fingerprint density at radius 1 is 1.23 bits per heavy atom. The third-order valence-corrected chi connectivity index (χ3v) is 4.07. The van der Waals surface area contributed by atoms with Gasteiger partial charge in [-0.15, -0.1) is 0 Å². The molecule has 0 spiro atoms. The number of nitrogens with one attached hydrogen (secondary N) is 2. The molecule has 0 saturated heterocycles. The number of pyridine rings is 1. The zero-order valence-corrected chi connectivity index (χ0v) is 15.8. The first kappa shape index (κ1) is 20.9. The van der Waals surface area contributed by atoms with Crippen LogP contribution < -0.4 is 16.4 Å². The molecule has 0 aliphatic heterocycles. The van der Waals surface area contributed by atoms with Gasteiger partial charge in [0.25, 0.3) is 0 Å². The van der Waals surface area contributed by atoms with Crippen LogP contribution in [0.1, 0.15) is 12.5 Å². The molecule has 0 radical (unpaired) electrons. The Morgan fingerprint density at radius 3 is 2.70 bits per heavy atom. The Balaban J connectivity index is 1.83. The predicted octanol–water partition coefficient (Wildman–Crippen LogP) is 3.57. The van der Waals surface area contributed by atoms with Gasteiger partial charge in [-0.3, -0.25) is 9.20 Å². The highest BCUT2D eigenvalue weighted by molar-refractivity contribution is 5.94. The van der Waals surface area contributed by atoms with Gasteiger partial charge in [-0.25, -0.2) is 9.78 Å². The van der Waals surface area contributed by atoms with Gasteiger partial charge in [0.1, 0.15) is 12.2 Å². The van der Waals surface area contributed by atoms with Gasteiger partial charge >= 0.3 is 12.2 Å². The lowest BCUT2D eigenvalue weighted by Crippen LogP contribution is -2.36. The SMILES string of the molecule is CC(=O)C=C(N)c1ccn2c(-c3cccc(NC(=O)NCC(F)(F)F)c3)cnc2c1. The van der Waals surface area contributed by atoms with E-state index in [0.29, 0.717) is 33.9 Å². The van der Waals surface area contributed by atoms with E-state index in [0.717, 1.165) is 0 Å². The van der Waals surface area contributed by atoms with Gasteiger partial charge < -0.3 is 16.4 Å². The zero-order chi connectivity index (χ0) is 21.9. The summed E-state index contributed by atoms with van der Waals surface area (Å²) in [5.41, 5.74) is 9.18. The molecule has 3 aromatic rings. The minimum atomic E-state index is -4.49. The quantitative estimate of drug-likeness (QED) is 0.553.